The summed E-state index contributed by atoms with van der Waals surface area (Å²) >= 11 is 4.89. The molecule has 5 heteroatoms. The average molecular weight is 236 g/mol. The molecule has 1 N–H and O–H groups in total. The van der Waals surface area contributed by atoms with Crippen LogP contribution in [0, 0.1) is 0 Å². The Hall–Kier alpha value is -1.75. The Bertz CT molecular complexity index is 424. The highest BCUT2D eigenvalue weighted by Gasteiger charge is 2.32. The molecule has 1 saturated heterocycles. The van der Waals surface area contributed by atoms with Gasteiger partial charge in [0.25, 0.3) is 11.8 Å². The zero-order valence-corrected chi connectivity index (χ0v) is 9.76. The van der Waals surface area contributed by atoms with Crippen molar-refractivity contribution in [2.45, 2.75) is 6.92 Å². The van der Waals surface area contributed by atoms with Crippen LogP contribution in [-0.4, -0.2) is 28.4 Å². The van der Waals surface area contributed by atoms with Gasteiger partial charge in [0.1, 0.15) is 5.57 Å². The standard InChI is InChI=1S/C11H12N2O2S/c1-4-5-13-10(15)8(6-7(2)3)9(14)12-11(13)16/h4,6H,1-2,5H2,3H3,(H,12,14,16). The van der Waals surface area contributed by atoms with Crippen LogP contribution in [0.15, 0.2) is 36.5 Å². The van der Waals surface area contributed by atoms with Crippen molar-refractivity contribution in [2.24, 2.45) is 0 Å². The lowest BCUT2D eigenvalue weighted by molar-refractivity contribution is -0.128. The lowest BCUT2D eigenvalue weighted by Gasteiger charge is -2.27. The summed E-state index contributed by atoms with van der Waals surface area (Å²) in [6, 6.07) is 0. The number of nitrogens with zero attached hydrogens (tertiary/aromatic N) is 1. The number of amides is 2. The van der Waals surface area contributed by atoms with E-state index in [9.17, 15) is 9.59 Å². The maximum atomic E-state index is 11.9. The van der Waals surface area contributed by atoms with Crippen LogP contribution in [0.1, 0.15) is 6.92 Å². The highest BCUT2D eigenvalue weighted by molar-refractivity contribution is 7.80. The molecule has 0 aromatic rings. The molecular weight excluding hydrogens is 224 g/mol. The van der Waals surface area contributed by atoms with Gasteiger partial charge in [0, 0.05) is 6.54 Å². The minimum absolute atomic E-state index is 0.0444. The monoisotopic (exact) mass is 236 g/mol. The lowest BCUT2D eigenvalue weighted by atomic mass is 10.1. The van der Waals surface area contributed by atoms with Crippen molar-refractivity contribution in [1.29, 1.82) is 0 Å². The maximum Gasteiger partial charge on any atom is 0.265 e. The van der Waals surface area contributed by atoms with E-state index in [2.05, 4.69) is 18.5 Å². The molecule has 1 heterocycles. The van der Waals surface area contributed by atoms with Crippen molar-refractivity contribution in [3.8, 4) is 0 Å². The summed E-state index contributed by atoms with van der Waals surface area (Å²) in [7, 11) is 0. The Morgan fingerprint density at radius 2 is 2.19 bits per heavy atom. The molecule has 1 aliphatic heterocycles. The van der Waals surface area contributed by atoms with Crippen molar-refractivity contribution in [3.05, 3.63) is 36.5 Å². The number of carbonyl (C=O) groups is 2. The van der Waals surface area contributed by atoms with E-state index in [1.807, 2.05) is 0 Å². The second kappa shape index (κ2) is 4.85. The predicted octanol–water partition coefficient (Wildman–Crippen LogP) is 0.918. The molecular formula is C11H12N2O2S. The normalized spacial score (nSPS) is 18.7. The van der Waals surface area contributed by atoms with Gasteiger partial charge in [0.15, 0.2) is 5.11 Å². The summed E-state index contributed by atoms with van der Waals surface area (Å²) in [5, 5.41) is 2.55. The van der Waals surface area contributed by atoms with E-state index in [0.717, 1.165) is 0 Å². The summed E-state index contributed by atoms with van der Waals surface area (Å²) in [5.41, 5.74) is 0.674. The van der Waals surface area contributed by atoms with E-state index in [0.29, 0.717) is 5.57 Å². The first kappa shape index (κ1) is 12.3. The van der Waals surface area contributed by atoms with Gasteiger partial charge in [-0.2, -0.15) is 0 Å². The van der Waals surface area contributed by atoms with Crippen LogP contribution in [0.25, 0.3) is 0 Å². The third kappa shape index (κ3) is 2.43. The fourth-order valence-electron chi connectivity index (χ4n) is 1.24. The molecule has 0 atom stereocenters. The van der Waals surface area contributed by atoms with Crippen molar-refractivity contribution in [2.75, 3.05) is 6.54 Å². The molecule has 0 aromatic carbocycles. The summed E-state index contributed by atoms with van der Waals surface area (Å²) in [4.78, 5) is 24.7. The van der Waals surface area contributed by atoms with E-state index in [1.165, 1.54) is 11.0 Å². The zero-order chi connectivity index (χ0) is 12.3. The Kier molecular flexibility index (Phi) is 3.73. The molecule has 16 heavy (non-hydrogen) atoms. The number of allylic oxidation sites excluding steroid dienone is 2. The van der Waals surface area contributed by atoms with Gasteiger partial charge in [-0.25, -0.2) is 0 Å². The summed E-state index contributed by atoms with van der Waals surface area (Å²) in [6.07, 6.45) is 2.98. The fraction of sp³-hybridized carbons (Fsp3) is 0.182. The van der Waals surface area contributed by atoms with Gasteiger partial charge < -0.3 is 0 Å². The van der Waals surface area contributed by atoms with Gasteiger partial charge in [-0.1, -0.05) is 18.2 Å². The second-order valence-corrected chi connectivity index (χ2v) is 3.75. The zero-order valence-electron chi connectivity index (χ0n) is 8.95. The molecule has 0 spiro atoms. The number of nitrogens with one attached hydrogen (secondary N) is 1. The van der Waals surface area contributed by atoms with Crippen LogP contribution >= 0.6 is 12.2 Å². The molecule has 2 amide bonds. The minimum atomic E-state index is -0.488. The number of hydrogen-bond donors (Lipinski definition) is 1. The molecule has 1 aliphatic rings. The number of thiocarbonyl (C=S) groups is 1. The van der Waals surface area contributed by atoms with Gasteiger partial charge in [0.2, 0.25) is 0 Å². The molecule has 0 radical (unpaired) electrons. The van der Waals surface area contributed by atoms with E-state index < -0.39 is 11.8 Å². The molecule has 0 bridgehead atoms. The predicted molar refractivity (Wildman–Crippen MR) is 65.5 cm³/mol. The van der Waals surface area contributed by atoms with Gasteiger partial charge in [-0.05, 0) is 25.2 Å². The molecule has 4 nitrogen and oxygen atoms in total. The van der Waals surface area contributed by atoms with E-state index in [4.69, 9.17) is 12.2 Å². The van der Waals surface area contributed by atoms with Crippen LogP contribution in [0.3, 0.4) is 0 Å². The third-order valence-corrected chi connectivity index (χ3v) is 2.21. The smallest absolute Gasteiger partial charge is 0.265 e. The first-order chi connectivity index (χ1) is 7.47. The first-order valence-corrected chi connectivity index (χ1v) is 5.03. The number of carbonyl (C=O) groups excluding carboxylic acids is 2. The highest BCUT2D eigenvalue weighted by atomic mass is 32.1. The van der Waals surface area contributed by atoms with Gasteiger partial charge >= 0.3 is 0 Å². The van der Waals surface area contributed by atoms with Gasteiger partial charge in [-0.3, -0.25) is 19.8 Å². The van der Waals surface area contributed by atoms with Crippen molar-refractivity contribution in [3.63, 3.8) is 0 Å². The molecule has 0 saturated carbocycles. The van der Waals surface area contributed by atoms with Gasteiger partial charge in [-0.15, -0.1) is 6.58 Å². The average Bonchev–Trinajstić information content (AvgIpc) is 2.19. The molecule has 0 aliphatic carbocycles. The highest BCUT2D eigenvalue weighted by Crippen LogP contribution is 2.11. The van der Waals surface area contributed by atoms with Crippen LogP contribution in [0.4, 0.5) is 0 Å². The van der Waals surface area contributed by atoms with Crippen molar-refractivity contribution in [1.82, 2.24) is 10.2 Å². The quantitative estimate of drug-likeness (QED) is 0.343. The molecule has 84 valence electrons. The minimum Gasteiger partial charge on any atom is -0.298 e. The van der Waals surface area contributed by atoms with Crippen LogP contribution in [-0.2, 0) is 9.59 Å². The Labute approximate surface area is 99.3 Å². The van der Waals surface area contributed by atoms with Crippen LogP contribution < -0.4 is 5.32 Å². The van der Waals surface area contributed by atoms with Crippen molar-refractivity contribution >= 4 is 29.1 Å². The molecule has 1 fully saturated rings. The summed E-state index contributed by atoms with van der Waals surface area (Å²) < 4.78 is 0. The first-order valence-electron chi connectivity index (χ1n) is 4.62. The SMILES string of the molecule is C=CCN1C(=O)C(=CC(=C)C)C(=O)NC1=S. The second-order valence-electron chi connectivity index (χ2n) is 3.37. The Balaban J connectivity index is 3.08. The molecule has 0 unspecified atom stereocenters. The Morgan fingerprint density at radius 1 is 1.56 bits per heavy atom. The summed E-state index contributed by atoms with van der Waals surface area (Å²) in [5.74, 6) is -0.907. The third-order valence-electron chi connectivity index (χ3n) is 1.89. The largest absolute Gasteiger partial charge is 0.298 e. The lowest BCUT2D eigenvalue weighted by Crippen LogP contribution is -2.53. The van der Waals surface area contributed by atoms with E-state index in [1.54, 1.807) is 13.0 Å². The maximum absolute atomic E-state index is 11.9. The number of hydrogen-bond acceptors (Lipinski definition) is 3. The van der Waals surface area contributed by atoms with E-state index >= 15 is 0 Å². The van der Waals surface area contributed by atoms with Crippen molar-refractivity contribution < 1.29 is 9.59 Å². The summed E-state index contributed by atoms with van der Waals surface area (Å²) in [6.45, 7) is 9.13. The molecule has 0 aromatic heterocycles. The Morgan fingerprint density at radius 3 is 2.69 bits per heavy atom. The number of rotatable bonds is 3. The molecule has 1 rings (SSSR count). The van der Waals surface area contributed by atoms with Crippen LogP contribution in [0.5, 0.6) is 0 Å². The van der Waals surface area contributed by atoms with Crippen LogP contribution in [0.2, 0.25) is 0 Å². The van der Waals surface area contributed by atoms with Gasteiger partial charge in [0.05, 0.1) is 0 Å². The topological polar surface area (TPSA) is 49.4 Å². The fourth-order valence-corrected chi connectivity index (χ4v) is 1.49. The van der Waals surface area contributed by atoms with E-state index in [-0.39, 0.29) is 17.2 Å².